The molecule has 0 heterocycles. The molecule has 0 amide bonds. The summed E-state index contributed by atoms with van der Waals surface area (Å²) in [4.78, 5) is 11.3. The third kappa shape index (κ3) is 1.37. The van der Waals surface area contributed by atoms with Crippen LogP contribution in [0, 0.1) is 5.82 Å². The number of hydrogen-bond acceptors (Lipinski definition) is 1. The van der Waals surface area contributed by atoms with Gasteiger partial charge in [-0.2, -0.15) is 0 Å². The molecule has 0 radical (unpaired) electrons. The summed E-state index contributed by atoms with van der Waals surface area (Å²) in [6.45, 7) is 1.89. The van der Waals surface area contributed by atoms with Crippen LogP contribution in [0.5, 0.6) is 0 Å². The Kier molecular flexibility index (Phi) is 1.91. The van der Waals surface area contributed by atoms with Gasteiger partial charge in [-0.3, -0.25) is 4.79 Å². The summed E-state index contributed by atoms with van der Waals surface area (Å²) in [7, 11) is 0. The first-order chi connectivity index (χ1) is 6.18. The fraction of sp³-hybridized carbons (Fsp3) is 0.364. The van der Waals surface area contributed by atoms with Crippen LogP contribution in [-0.4, -0.2) is 5.78 Å². The van der Waals surface area contributed by atoms with Gasteiger partial charge in [0, 0.05) is 12.3 Å². The average Bonchev–Trinajstić information content (AvgIpc) is 2.12. The molecule has 0 saturated heterocycles. The number of carbonyl (C=O) groups is 1. The van der Waals surface area contributed by atoms with Crippen LogP contribution in [-0.2, 0) is 11.2 Å². The van der Waals surface area contributed by atoms with Gasteiger partial charge in [-0.1, -0.05) is 13.0 Å². The van der Waals surface area contributed by atoms with Gasteiger partial charge in [0.2, 0.25) is 0 Å². The van der Waals surface area contributed by atoms with E-state index >= 15 is 0 Å². The molecule has 1 aliphatic carbocycles. The molecule has 1 aliphatic rings. The fourth-order valence-electron chi connectivity index (χ4n) is 1.86. The number of carbonyl (C=O) groups excluding carboxylic acids is 1. The van der Waals surface area contributed by atoms with Gasteiger partial charge < -0.3 is 0 Å². The Morgan fingerprint density at radius 2 is 2.15 bits per heavy atom. The first-order valence-corrected chi connectivity index (χ1v) is 4.49. The highest BCUT2D eigenvalue weighted by atomic mass is 19.1. The van der Waals surface area contributed by atoms with E-state index in [1.165, 1.54) is 12.1 Å². The summed E-state index contributed by atoms with van der Waals surface area (Å²) in [5.41, 5.74) is 1.99. The second-order valence-electron chi connectivity index (χ2n) is 3.53. The Hall–Kier alpha value is -1.18. The summed E-state index contributed by atoms with van der Waals surface area (Å²) in [5, 5.41) is 0. The van der Waals surface area contributed by atoms with Gasteiger partial charge in [0.05, 0.1) is 0 Å². The van der Waals surface area contributed by atoms with Crippen LogP contribution in [0.1, 0.15) is 30.4 Å². The van der Waals surface area contributed by atoms with E-state index in [0.717, 1.165) is 11.1 Å². The van der Waals surface area contributed by atoms with Crippen molar-refractivity contribution in [1.82, 2.24) is 0 Å². The topological polar surface area (TPSA) is 17.1 Å². The highest BCUT2D eigenvalue weighted by Gasteiger charge is 2.23. The van der Waals surface area contributed by atoms with E-state index in [0.29, 0.717) is 12.8 Å². The van der Waals surface area contributed by atoms with Gasteiger partial charge in [-0.15, -0.1) is 0 Å². The van der Waals surface area contributed by atoms with Gasteiger partial charge in [0.1, 0.15) is 11.6 Å². The molecule has 0 saturated carbocycles. The lowest BCUT2D eigenvalue weighted by Gasteiger charge is -2.20. The first kappa shape index (κ1) is 8.42. The Bertz CT molecular complexity index is 357. The molecule has 68 valence electrons. The van der Waals surface area contributed by atoms with Crippen molar-refractivity contribution >= 4 is 5.78 Å². The minimum absolute atomic E-state index is 0.0515. The van der Waals surface area contributed by atoms with E-state index in [1.807, 2.05) is 6.92 Å². The number of benzene rings is 1. The molecular formula is C11H11FO. The van der Waals surface area contributed by atoms with Crippen molar-refractivity contribution < 1.29 is 9.18 Å². The normalized spacial score (nSPS) is 21.4. The molecule has 1 aromatic rings. The number of aryl methyl sites for hydroxylation is 1. The lowest BCUT2D eigenvalue weighted by atomic mass is 9.83. The fourth-order valence-corrected chi connectivity index (χ4v) is 1.86. The Morgan fingerprint density at radius 1 is 1.38 bits per heavy atom. The second kappa shape index (κ2) is 2.95. The van der Waals surface area contributed by atoms with Crippen molar-refractivity contribution in [3.8, 4) is 0 Å². The summed E-state index contributed by atoms with van der Waals surface area (Å²) in [5.74, 6) is 0.00348. The standard InChI is InChI=1S/C11H11FO/c1-7-10-4-3-9(12)6-8(10)2-5-11(7)13/h3-4,6-7H,2,5H2,1H3. The summed E-state index contributed by atoms with van der Waals surface area (Å²) < 4.78 is 12.8. The third-order valence-corrected chi connectivity index (χ3v) is 2.70. The minimum atomic E-state index is -0.208. The molecule has 2 heteroatoms. The quantitative estimate of drug-likeness (QED) is 0.596. The van der Waals surface area contributed by atoms with Gasteiger partial charge in [-0.05, 0) is 29.7 Å². The average molecular weight is 178 g/mol. The molecule has 13 heavy (non-hydrogen) atoms. The van der Waals surface area contributed by atoms with E-state index < -0.39 is 0 Å². The molecular weight excluding hydrogens is 167 g/mol. The first-order valence-electron chi connectivity index (χ1n) is 4.49. The zero-order valence-corrected chi connectivity index (χ0v) is 7.51. The maximum atomic E-state index is 12.8. The molecule has 0 bridgehead atoms. The highest BCUT2D eigenvalue weighted by molar-refractivity contribution is 5.87. The van der Waals surface area contributed by atoms with Gasteiger partial charge >= 0.3 is 0 Å². The molecule has 0 N–H and O–H groups in total. The molecule has 0 fully saturated rings. The van der Waals surface area contributed by atoms with Crippen LogP contribution in [0.15, 0.2) is 18.2 Å². The predicted molar refractivity (Wildman–Crippen MR) is 48.1 cm³/mol. The maximum Gasteiger partial charge on any atom is 0.140 e. The molecule has 0 aromatic heterocycles. The van der Waals surface area contributed by atoms with Crippen LogP contribution in [0.2, 0.25) is 0 Å². The second-order valence-corrected chi connectivity index (χ2v) is 3.53. The number of Topliss-reactive ketones (excluding diaryl/α,β-unsaturated/α-hetero) is 1. The van der Waals surface area contributed by atoms with Crippen molar-refractivity contribution in [3.05, 3.63) is 35.1 Å². The Balaban J connectivity index is 2.49. The lowest BCUT2D eigenvalue weighted by Crippen LogP contribution is -2.17. The summed E-state index contributed by atoms with van der Waals surface area (Å²) in [6, 6.07) is 4.69. The van der Waals surface area contributed by atoms with Crippen molar-refractivity contribution in [2.45, 2.75) is 25.7 Å². The number of hydrogen-bond donors (Lipinski definition) is 0. The smallest absolute Gasteiger partial charge is 0.140 e. The summed E-state index contributed by atoms with van der Waals surface area (Å²) >= 11 is 0. The van der Waals surface area contributed by atoms with E-state index in [4.69, 9.17) is 0 Å². The van der Waals surface area contributed by atoms with Crippen molar-refractivity contribution in [2.75, 3.05) is 0 Å². The molecule has 2 rings (SSSR count). The number of fused-ring (bicyclic) bond motifs is 1. The van der Waals surface area contributed by atoms with Crippen molar-refractivity contribution in [2.24, 2.45) is 0 Å². The van der Waals surface area contributed by atoms with Crippen molar-refractivity contribution in [3.63, 3.8) is 0 Å². The van der Waals surface area contributed by atoms with E-state index in [9.17, 15) is 9.18 Å². The molecule has 0 spiro atoms. The lowest BCUT2D eigenvalue weighted by molar-refractivity contribution is -0.120. The highest BCUT2D eigenvalue weighted by Crippen LogP contribution is 2.28. The van der Waals surface area contributed by atoms with E-state index in [-0.39, 0.29) is 17.5 Å². The SMILES string of the molecule is CC1C(=O)CCc2cc(F)ccc21. The third-order valence-electron chi connectivity index (χ3n) is 2.70. The van der Waals surface area contributed by atoms with Crippen LogP contribution in [0.3, 0.4) is 0 Å². The Labute approximate surface area is 76.6 Å². The zero-order chi connectivity index (χ0) is 9.42. The van der Waals surface area contributed by atoms with Crippen LogP contribution < -0.4 is 0 Å². The van der Waals surface area contributed by atoms with Crippen molar-refractivity contribution in [1.29, 1.82) is 0 Å². The van der Waals surface area contributed by atoms with Gasteiger partial charge in [0.25, 0.3) is 0 Å². The van der Waals surface area contributed by atoms with E-state index in [2.05, 4.69) is 0 Å². The largest absolute Gasteiger partial charge is 0.299 e. The van der Waals surface area contributed by atoms with E-state index in [1.54, 1.807) is 6.07 Å². The van der Waals surface area contributed by atoms with Gasteiger partial charge in [-0.25, -0.2) is 4.39 Å². The number of rotatable bonds is 0. The predicted octanol–water partition coefficient (Wildman–Crippen LogP) is 2.44. The summed E-state index contributed by atoms with van der Waals surface area (Å²) in [6.07, 6.45) is 1.24. The molecule has 1 nitrogen and oxygen atoms in total. The zero-order valence-electron chi connectivity index (χ0n) is 7.51. The minimum Gasteiger partial charge on any atom is -0.299 e. The Morgan fingerprint density at radius 3 is 2.92 bits per heavy atom. The molecule has 1 aromatic carbocycles. The van der Waals surface area contributed by atoms with Gasteiger partial charge in [0.15, 0.2) is 0 Å². The maximum absolute atomic E-state index is 12.8. The van der Waals surface area contributed by atoms with Crippen LogP contribution >= 0.6 is 0 Å². The number of ketones is 1. The molecule has 1 unspecified atom stereocenters. The monoisotopic (exact) mass is 178 g/mol. The van der Waals surface area contributed by atoms with Crippen LogP contribution in [0.4, 0.5) is 4.39 Å². The van der Waals surface area contributed by atoms with Crippen LogP contribution in [0.25, 0.3) is 0 Å². The molecule has 1 atom stereocenters. The number of halogens is 1. The molecule has 0 aliphatic heterocycles.